The molecular weight excluding hydrogens is 220 g/mol. The van der Waals surface area contributed by atoms with Gasteiger partial charge < -0.3 is 5.21 Å². The lowest BCUT2D eigenvalue weighted by Crippen LogP contribution is -2.29. The Morgan fingerprint density at radius 2 is 2.17 bits per heavy atom. The van der Waals surface area contributed by atoms with E-state index in [0.29, 0.717) is 4.85 Å². The third-order valence-electron chi connectivity index (χ3n) is 1.61. The average Bonchev–Trinajstić information content (AvgIpc) is 2.03. The first kappa shape index (κ1) is 7.49. The number of benzene rings is 1. The van der Waals surface area contributed by atoms with Crippen LogP contribution >= 0.6 is 15.9 Å². The van der Waals surface area contributed by atoms with E-state index in [1.165, 1.54) is 6.20 Å². The van der Waals surface area contributed by atoms with E-state index in [9.17, 15) is 5.21 Å². The number of aromatic nitrogens is 2. The molecule has 60 valence electrons. The third kappa shape index (κ3) is 1.25. The average molecular weight is 225 g/mol. The third-order valence-corrected chi connectivity index (χ3v) is 2.10. The van der Waals surface area contributed by atoms with E-state index >= 15 is 0 Å². The number of rotatable bonds is 0. The van der Waals surface area contributed by atoms with Crippen LogP contribution in [0.4, 0.5) is 0 Å². The van der Waals surface area contributed by atoms with Crippen molar-refractivity contribution in [2.75, 3.05) is 0 Å². The van der Waals surface area contributed by atoms with Gasteiger partial charge in [0, 0.05) is 15.0 Å². The minimum atomic E-state index is 0.550. The van der Waals surface area contributed by atoms with E-state index in [2.05, 4.69) is 21.0 Å². The Kier molecular flexibility index (Phi) is 1.69. The maximum Gasteiger partial charge on any atom is 0.217 e. The van der Waals surface area contributed by atoms with Gasteiger partial charge in [-0.25, -0.2) is 0 Å². The predicted molar refractivity (Wildman–Crippen MR) is 48.4 cm³/mol. The number of halogens is 1. The number of fused-ring (bicyclic) bond motifs is 1. The molecule has 2 aromatic rings. The summed E-state index contributed by atoms with van der Waals surface area (Å²) in [5.41, 5.74) is 0. The monoisotopic (exact) mass is 224 g/mol. The molecule has 0 atom stereocenters. The van der Waals surface area contributed by atoms with Crippen LogP contribution in [0.1, 0.15) is 0 Å². The summed E-state index contributed by atoms with van der Waals surface area (Å²) in [4.78, 5) is 0.550. The fraction of sp³-hybridized carbons (Fsp3) is 0. The SMILES string of the molecule is [O-][n+]1cc2cc(Br)ccc2cn1. The van der Waals surface area contributed by atoms with Crippen molar-refractivity contribution in [1.82, 2.24) is 5.10 Å². The smallest absolute Gasteiger partial charge is 0.217 e. The standard InChI is InChI=1S/C8H5BrN2O/c9-8-2-1-6-4-10-11(12)5-7(6)3-8/h1-5H. The Morgan fingerprint density at radius 1 is 1.33 bits per heavy atom. The molecule has 0 N–H and O–H groups in total. The maximum atomic E-state index is 10.8. The van der Waals surface area contributed by atoms with Crippen LogP contribution in [-0.2, 0) is 0 Å². The van der Waals surface area contributed by atoms with Gasteiger partial charge in [0.2, 0.25) is 6.20 Å². The molecule has 0 unspecified atom stereocenters. The number of nitrogens with zero attached hydrogens (tertiary/aromatic N) is 2. The van der Waals surface area contributed by atoms with Crippen molar-refractivity contribution in [2.24, 2.45) is 0 Å². The summed E-state index contributed by atoms with van der Waals surface area (Å²) in [6.45, 7) is 0. The van der Waals surface area contributed by atoms with Gasteiger partial charge in [-0.05, 0) is 12.1 Å². The molecule has 1 heterocycles. The Bertz CT molecular complexity index is 394. The first-order valence-electron chi connectivity index (χ1n) is 3.40. The highest BCUT2D eigenvalue weighted by Gasteiger charge is 1.98. The van der Waals surface area contributed by atoms with Gasteiger partial charge in [0.05, 0.1) is 5.39 Å². The minimum Gasteiger partial charge on any atom is -0.594 e. The number of hydrogen-bond donors (Lipinski definition) is 0. The van der Waals surface area contributed by atoms with Gasteiger partial charge in [-0.2, -0.15) is 0 Å². The number of hydrogen-bond acceptors (Lipinski definition) is 2. The van der Waals surface area contributed by atoms with E-state index in [4.69, 9.17) is 0 Å². The molecule has 0 aliphatic heterocycles. The second-order valence-electron chi connectivity index (χ2n) is 2.45. The lowest BCUT2D eigenvalue weighted by atomic mass is 10.2. The molecule has 1 aromatic carbocycles. The van der Waals surface area contributed by atoms with Crippen molar-refractivity contribution >= 4 is 26.7 Å². The van der Waals surface area contributed by atoms with Gasteiger partial charge in [-0.3, -0.25) is 0 Å². The van der Waals surface area contributed by atoms with Crippen molar-refractivity contribution in [2.45, 2.75) is 0 Å². The molecule has 0 fully saturated rings. The van der Waals surface area contributed by atoms with Crippen LogP contribution in [0.3, 0.4) is 0 Å². The van der Waals surface area contributed by atoms with Gasteiger partial charge in [0.1, 0.15) is 6.20 Å². The second-order valence-corrected chi connectivity index (χ2v) is 3.37. The summed E-state index contributed by atoms with van der Waals surface area (Å²) in [6.07, 6.45) is 2.99. The summed E-state index contributed by atoms with van der Waals surface area (Å²) >= 11 is 3.33. The molecule has 0 radical (unpaired) electrons. The van der Waals surface area contributed by atoms with Crippen molar-refractivity contribution in [3.63, 3.8) is 0 Å². The van der Waals surface area contributed by atoms with E-state index in [0.717, 1.165) is 15.2 Å². The highest BCUT2D eigenvalue weighted by molar-refractivity contribution is 9.10. The van der Waals surface area contributed by atoms with E-state index in [1.807, 2.05) is 18.2 Å². The maximum absolute atomic E-state index is 10.8. The molecule has 0 saturated heterocycles. The molecule has 4 heteroatoms. The van der Waals surface area contributed by atoms with Crippen LogP contribution in [0.2, 0.25) is 0 Å². The fourth-order valence-corrected chi connectivity index (χ4v) is 1.43. The first-order valence-corrected chi connectivity index (χ1v) is 4.20. The van der Waals surface area contributed by atoms with Gasteiger partial charge >= 0.3 is 0 Å². The zero-order chi connectivity index (χ0) is 8.55. The molecular formula is C8H5BrN2O. The lowest BCUT2D eigenvalue weighted by molar-refractivity contribution is -0.667. The van der Waals surface area contributed by atoms with Crippen LogP contribution in [0, 0.1) is 5.21 Å². The molecule has 0 bridgehead atoms. The van der Waals surface area contributed by atoms with Crippen LogP contribution < -0.4 is 4.85 Å². The Hall–Kier alpha value is -1.16. The predicted octanol–water partition coefficient (Wildman–Crippen LogP) is 1.63. The van der Waals surface area contributed by atoms with Crippen LogP contribution in [-0.4, -0.2) is 5.10 Å². The minimum absolute atomic E-state index is 0.550. The largest absolute Gasteiger partial charge is 0.594 e. The molecule has 3 nitrogen and oxygen atoms in total. The van der Waals surface area contributed by atoms with E-state index in [1.54, 1.807) is 6.20 Å². The van der Waals surface area contributed by atoms with Crippen molar-refractivity contribution < 1.29 is 4.85 Å². The van der Waals surface area contributed by atoms with E-state index in [-0.39, 0.29) is 0 Å². The van der Waals surface area contributed by atoms with Crippen LogP contribution in [0.5, 0.6) is 0 Å². The Balaban J connectivity index is 2.80. The van der Waals surface area contributed by atoms with Gasteiger partial charge in [-0.1, -0.05) is 26.8 Å². The fourth-order valence-electron chi connectivity index (χ4n) is 1.05. The van der Waals surface area contributed by atoms with Crippen molar-refractivity contribution in [3.05, 3.63) is 40.3 Å². The molecule has 0 aliphatic carbocycles. The van der Waals surface area contributed by atoms with Crippen molar-refractivity contribution in [3.8, 4) is 0 Å². The first-order chi connectivity index (χ1) is 5.75. The molecule has 12 heavy (non-hydrogen) atoms. The molecule has 0 amide bonds. The van der Waals surface area contributed by atoms with E-state index < -0.39 is 0 Å². The topological polar surface area (TPSA) is 39.8 Å². The zero-order valence-electron chi connectivity index (χ0n) is 6.07. The molecule has 0 aliphatic rings. The highest BCUT2D eigenvalue weighted by atomic mass is 79.9. The lowest BCUT2D eigenvalue weighted by Gasteiger charge is -1.96. The van der Waals surface area contributed by atoms with Gasteiger partial charge in [-0.15, -0.1) is 0 Å². The summed E-state index contributed by atoms with van der Waals surface area (Å²) in [5.74, 6) is 0. The van der Waals surface area contributed by atoms with Crippen LogP contribution in [0.15, 0.2) is 35.1 Å². The summed E-state index contributed by atoms with van der Waals surface area (Å²) < 4.78 is 0.959. The highest BCUT2D eigenvalue weighted by Crippen LogP contribution is 2.16. The molecule has 2 rings (SSSR count). The quantitative estimate of drug-likeness (QED) is 0.505. The molecule has 0 spiro atoms. The summed E-state index contributed by atoms with van der Waals surface area (Å²) in [5, 5.41) is 16.2. The van der Waals surface area contributed by atoms with Gasteiger partial charge in [0.15, 0.2) is 0 Å². The molecule has 0 saturated carbocycles. The second kappa shape index (κ2) is 2.71. The Labute approximate surface area is 77.3 Å². The Morgan fingerprint density at radius 3 is 3.00 bits per heavy atom. The normalized spacial score (nSPS) is 10.4. The van der Waals surface area contributed by atoms with Crippen molar-refractivity contribution in [1.29, 1.82) is 0 Å². The summed E-state index contributed by atoms with van der Waals surface area (Å²) in [6, 6.07) is 5.71. The summed E-state index contributed by atoms with van der Waals surface area (Å²) in [7, 11) is 0. The molecule has 1 aromatic heterocycles. The van der Waals surface area contributed by atoms with Crippen LogP contribution in [0.25, 0.3) is 10.8 Å². The van der Waals surface area contributed by atoms with Gasteiger partial charge in [0.25, 0.3) is 0 Å². The zero-order valence-corrected chi connectivity index (χ0v) is 7.65.